The molecule has 3 heterocycles. The zero-order chi connectivity index (χ0) is 24.8. The lowest BCUT2D eigenvalue weighted by atomic mass is 9.73. The molecule has 2 aliphatic heterocycles. The monoisotopic (exact) mass is 496 g/mol. The predicted octanol–water partition coefficient (Wildman–Crippen LogP) is 5.12. The first-order valence-corrected chi connectivity index (χ1v) is 13.9. The van der Waals surface area contributed by atoms with E-state index in [1.807, 2.05) is 27.0 Å². The molecule has 1 spiro atoms. The van der Waals surface area contributed by atoms with Crippen molar-refractivity contribution in [2.24, 2.45) is 0 Å². The molecule has 1 aromatic heterocycles. The molecule has 1 atom stereocenters. The van der Waals surface area contributed by atoms with Crippen LogP contribution in [0, 0.1) is 6.92 Å². The van der Waals surface area contributed by atoms with Gasteiger partial charge in [0.05, 0.1) is 5.56 Å². The SMILES string of the molecule is CSc1nc2c(c(N3CCN(C(=O)OC(C)(C)C)CC3)n1)CCC1(CCCc3cccc(C)c31)O2. The summed E-state index contributed by atoms with van der Waals surface area (Å²) < 4.78 is 12.4. The van der Waals surface area contributed by atoms with E-state index in [-0.39, 0.29) is 11.7 Å². The fraction of sp³-hybridized carbons (Fsp3) is 0.593. The number of piperazine rings is 1. The molecule has 1 aliphatic carbocycles. The Morgan fingerprint density at radius 1 is 1.11 bits per heavy atom. The van der Waals surface area contributed by atoms with E-state index in [2.05, 4.69) is 30.0 Å². The van der Waals surface area contributed by atoms with Crippen LogP contribution in [-0.4, -0.2) is 59.0 Å². The Balaban J connectivity index is 1.41. The minimum Gasteiger partial charge on any atom is -0.466 e. The highest BCUT2D eigenvalue weighted by atomic mass is 32.2. The van der Waals surface area contributed by atoms with Crippen molar-refractivity contribution in [1.82, 2.24) is 14.9 Å². The molecular weight excluding hydrogens is 460 g/mol. The van der Waals surface area contributed by atoms with E-state index in [0.29, 0.717) is 26.2 Å². The number of anilines is 1. The van der Waals surface area contributed by atoms with Crippen LogP contribution in [0.15, 0.2) is 23.4 Å². The van der Waals surface area contributed by atoms with Gasteiger partial charge in [0.15, 0.2) is 5.16 Å². The Hall–Kier alpha value is -2.48. The normalized spacial score (nSPS) is 21.9. The molecule has 0 bridgehead atoms. The highest BCUT2D eigenvalue weighted by Gasteiger charge is 2.44. The van der Waals surface area contributed by atoms with E-state index in [9.17, 15) is 4.79 Å². The summed E-state index contributed by atoms with van der Waals surface area (Å²) in [5.41, 5.74) is 4.40. The third kappa shape index (κ3) is 4.69. The number of hydrogen-bond donors (Lipinski definition) is 0. The minimum absolute atomic E-state index is 0.247. The standard InChI is InChI=1S/C27H36N4O3S/c1-18-8-6-9-19-10-7-12-27(21(18)19)13-11-20-22(28-24(35-5)29-23(20)33-27)30-14-16-31(17-15-30)25(32)34-26(2,3)4/h6,8-9H,7,10-17H2,1-5H3. The van der Waals surface area contributed by atoms with Crippen LogP contribution in [-0.2, 0) is 23.2 Å². The molecule has 1 saturated heterocycles. The van der Waals surface area contributed by atoms with Gasteiger partial charge in [0, 0.05) is 31.7 Å². The molecule has 2 aromatic rings. The van der Waals surface area contributed by atoms with Crippen LogP contribution in [0.25, 0.3) is 0 Å². The zero-order valence-electron chi connectivity index (χ0n) is 21.5. The number of amides is 1. The largest absolute Gasteiger partial charge is 0.466 e. The zero-order valence-corrected chi connectivity index (χ0v) is 22.3. The summed E-state index contributed by atoms with van der Waals surface area (Å²) in [6.45, 7) is 10.5. The van der Waals surface area contributed by atoms with Crippen molar-refractivity contribution in [1.29, 1.82) is 0 Å². The van der Waals surface area contributed by atoms with Crippen molar-refractivity contribution in [3.63, 3.8) is 0 Å². The second-order valence-electron chi connectivity index (χ2n) is 10.8. The molecule has 3 aliphatic rings. The van der Waals surface area contributed by atoms with Gasteiger partial charge in [-0.2, -0.15) is 4.98 Å². The summed E-state index contributed by atoms with van der Waals surface area (Å²) in [4.78, 5) is 26.4. The van der Waals surface area contributed by atoms with E-state index in [1.165, 1.54) is 16.7 Å². The van der Waals surface area contributed by atoms with Gasteiger partial charge in [-0.15, -0.1) is 0 Å². The molecule has 0 radical (unpaired) electrons. The third-order valence-corrected chi connectivity index (χ3v) is 7.80. The van der Waals surface area contributed by atoms with Crippen LogP contribution in [0.4, 0.5) is 10.6 Å². The van der Waals surface area contributed by atoms with Crippen LogP contribution in [0.1, 0.15) is 62.3 Å². The fourth-order valence-electron chi connectivity index (χ4n) is 5.71. The number of hydrogen-bond acceptors (Lipinski definition) is 7. The summed E-state index contributed by atoms with van der Waals surface area (Å²) in [6, 6.07) is 6.62. The van der Waals surface area contributed by atoms with Gasteiger partial charge >= 0.3 is 6.09 Å². The Labute approximate surface area is 212 Å². The molecule has 0 saturated carbocycles. The van der Waals surface area contributed by atoms with E-state index >= 15 is 0 Å². The number of aromatic nitrogens is 2. The number of aryl methyl sites for hydroxylation is 2. The maximum Gasteiger partial charge on any atom is 0.410 e. The smallest absolute Gasteiger partial charge is 0.410 e. The molecule has 1 fully saturated rings. The van der Waals surface area contributed by atoms with Crippen molar-refractivity contribution in [3.05, 3.63) is 40.5 Å². The average Bonchev–Trinajstić information content (AvgIpc) is 2.82. The number of ether oxygens (including phenoxy) is 2. The Morgan fingerprint density at radius 2 is 1.89 bits per heavy atom. The highest BCUT2D eigenvalue weighted by Crippen LogP contribution is 2.48. The molecule has 1 amide bonds. The van der Waals surface area contributed by atoms with E-state index in [1.54, 1.807) is 16.7 Å². The van der Waals surface area contributed by atoms with Gasteiger partial charge in [0.1, 0.15) is 17.0 Å². The summed E-state index contributed by atoms with van der Waals surface area (Å²) in [5, 5.41) is 0.728. The van der Waals surface area contributed by atoms with E-state index in [0.717, 1.165) is 54.5 Å². The number of thioether (sulfide) groups is 1. The number of nitrogens with zero attached hydrogens (tertiary/aromatic N) is 4. The Morgan fingerprint density at radius 3 is 2.60 bits per heavy atom. The molecule has 0 N–H and O–H groups in total. The van der Waals surface area contributed by atoms with Gasteiger partial charge in [-0.05, 0) is 77.2 Å². The first kappa shape index (κ1) is 24.2. The van der Waals surface area contributed by atoms with Gasteiger partial charge < -0.3 is 19.3 Å². The summed E-state index contributed by atoms with van der Waals surface area (Å²) in [5.74, 6) is 1.69. The number of carbonyl (C=O) groups is 1. The molecular formula is C27H36N4O3S. The van der Waals surface area contributed by atoms with Crippen molar-refractivity contribution in [2.75, 3.05) is 37.3 Å². The Kier molecular flexibility index (Phi) is 6.36. The lowest BCUT2D eigenvalue weighted by molar-refractivity contribution is 0.0182. The van der Waals surface area contributed by atoms with Crippen LogP contribution < -0.4 is 9.64 Å². The maximum absolute atomic E-state index is 12.5. The topological polar surface area (TPSA) is 67.8 Å². The molecule has 8 heteroatoms. The van der Waals surface area contributed by atoms with Gasteiger partial charge in [-0.1, -0.05) is 30.0 Å². The minimum atomic E-state index is -0.490. The second kappa shape index (κ2) is 9.19. The van der Waals surface area contributed by atoms with Crippen LogP contribution in [0.2, 0.25) is 0 Å². The first-order chi connectivity index (χ1) is 16.7. The molecule has 35 heavy (non-hydrogen) atoms. The highest BCUT2D eigenvalue weighted by molar-refractivity contribution is 7.98. The van der Waals surface area contributed by atoms with Gasteiger partial charge in [0.25, 0.3) is 0 Å². The molecule has 1 unspecified atom stereocenters. The lowest BCUT2D eigenvalue weighted by Crippen LogP contribution is -2.50. The van der Waals surface area contributed by atoms with Crippen molar-refractivity contribution >= 4 is 23.7 Å². The second-order valence-corrected chi connectivity index (χ2v) is 11.6. The van der Waals surface area contributed by atoms with E-state index in [4.69, 9.17) is 19.4 Å². The van der Waals surface area contributed by atoms with Gasteiger partial charge in [0.2, 0.25) is 5.88 Å². The average molecular weight is 497 g/mol. The van der Waals surface area contributed by atoms with Crippen molar-refractivity contribution in [2.45, 2.75) is 76.2 Å². The van der Waals surface area contributed by atoms with Gasteiger partial charge in [-0.25, -0.2) is 9.78 Å². The van der Waals surface area contributed by atoms with Crippen molar-refractivity contribution < 1.29 is 14.3 Å². The lowest BCUT2D eigenvalue weighted by Gasteiger charge is -2.44. The molecule has 5 rings (SSSR count). The number of rotatable bonds is 2. The fourth-order valence-corrected chi connectivity index (χ4v) is 6.06. The van der Waals surface area contributed by atoms with Crippen molar-refractivity contribution in [3.8, 4) is 5.88 Å². The Bertz CT molecular complexity index is 1120. The number of fused-ring (bicyclic) bond motifs is 3. The maximum atomic E-state index is 12.5. The van der Waals surface area contributed by atoms with Gasteiger partial charge in [-0.3, -0.25) is 0 Å². The quantitative estimate of drug-likeness (QED) is 0.422. The van der Waals surface area contributed by atoms with E-state index < -0.39 is 5.60 Å². The molecule has 1 aromatic carbocycles. The van der Waals surface area contributed by atoms with Crippen LogP contribution >= 0.6 is 11.8 Å². The molecule has 7 nitrogen and oxygen atoms in total. The summed E-state index contributed by atoms with van der Waals surface area (Å²) in [6.07, 6.45) is 6.85. The summed E-state index contributed by atoms with van der Waals surface area (Å²) >= 11 is 1.54. The molecule has 188 valence electrons. The number of carbonyl (C=O) groups excluding carboxylic acids is 1. The first-order valence-electron chi connectivity index (χ1n) is 12.6. The summed E-state index contributed by atoms with van der Waals surface area (Å²) in [7, 11) is 0. The van der Waals surface area contributed by atoms with Crippen LogP contribution in [0.3, 0.4) is 0 Å². The predicted molar refractivity (Wildman–Crippen MR) is 139 cm³/mol. The number of benzene rings is 1. The third-order valence-electron chi connectivity index (χ3n) is 7.25. The van der Waals surface area contributed by atoms with Crippen LogP contribution in [0.5, 0.6) is 5.88 Å².